The van der Waals surface area contributed by atoms with Crippen molar-refractivity contribution in [2.45, 2.75) is 25.7 Å². The summed E-state index contributed by atoms with van der Waals surface area (Å²) in [4.78, 5) is 0. The normalized spacial score (nSPS) is 24.9. The minimum absolute atomic E-state index is 0.273. The van der Waals surface area contributed by atoms with Crippen LogP contribution in [-0.2, 0) is 6.42 Å². The molecule has 0 saturated carbocycles. The Labute approximate surface area is 95.0 Å². The van der Waals surface area contributed by atoms with Crippen molar-refractivity contribution in [3.63, 3.8) is 0 Å². The van der Waals surface area contributed by atoms with Crippen LogP contribution in [0.2, 0.25) is 0 Å². The second-order valence-electron chi connectivity index (χ2n) is 4.44. The molecule has 0 spiro atoms. The summed E-state index contributed by atoms with van der Waals surface area (Å²) >= 11 is 0. The van der Waals surface area contributed by atoms with Gasteiger partial charge in [0.1, 0.15) is 0 Å². The predicted octanol–water partition coefficient (Wildman–Crippen LogP) is 4.08. The molecule has 1 aromatic rings. The molecule has 0 bridgehead atoms. The van der Waals surface area contributed by atoms with Crippen molar-refractivity contribution in [1.82, 2.24) is 0 Å². The van der Waals surface area contributed by atoms with Gasteiger partial charge in [0, 0.05) is 5.92 Å². The third-order valence-corrected chi connectivity index (χ3v) is 3.15. The Morgan fingerprint density at radius 3 is 2.62 bits per heavy atom. The van der Waals surface area contributed by atoms with Gasteiger partial charge in [0.05, 0.1) is 0 Å². The van der Waals surface area contributed by atoms with E-state index in [4.69, 9.17) is 0 Å². The zero-order valence-corrected chi connectivity index (χ0v) is 9.15. The molecule has 1 aromatic carbocycles. The van der Waals surface area contributed by atoms with Gasteiger partial charge in [0.25, 0.3) is 0 Å². The molecule has 16 heavy (non-hydrogen) atoms. The fourth-order valence-electron chi connectivity index (χ4n) is 2.28. The molecule has 2 unspecified atom stereocenters. The lowest BCUT2D eigenvalue weighted by atomic mass is 9.83. The highest BCUT2D eigenvalue weighted by Crippen LogP contribution is 2.30. The van der Waals surface area contributed by atoms with E-state index in [0.29, 0.717) is 12.8 Å². The first kappa shape index (κ1) is 11.3. The average molecular weight is 222 g/mol. The van der Waals surface area contributed by atoms with Gasteiger partial charge in [-0.2, -0.15) is 0 Å². The summed E-state index contributed by atoms with van der Waals surface area (Å²) in [7, 11) is 0. The SMILES string of the molecule is FC(F)C1CC=CC(Cc2ccccc2)C1. The monoisotopic (exact) mass is 222 g/mol. The standard InChI is InChI=1S/C14H16F2/c15-14(16)13-8-4-7-12(10-13)9-11-5-2-1-3-6-11/h1-7,12-14H,8-10H2. The van der Waals surface area contributed by atoms with Crippen LogP contribution in [-0.4, -0.2) is 6.43 Å². The Balaban J connectivity index is 1.96. The molecule has 0 amide bonds. The summed E-state index contributed by atoms with van der Waals surface area (Å²) in [6, 6.07) is 10.1. The number of alkyl halides is 2. The lowest BCUT2D eigenvalue weighted by Gasteiger charge is -2.24. The zero-order valence-electron chi connectivity index (χ0n) is 9.15. The molecule has 2 rings (SSSR count). The number of hydrogen-bond acceptors (Lipinski definition) is 0. The van der Waals surface area contributed by atoms with Crippen LogP contribution < -0.4 is 0 Å². The summed E-state index contributed by atoms with van der Waals surface area (Å²) in [5.41, 5.74) is 1.23. The van der Waals surface area contributed by atoms with E-state index in [9.17, 15) is 8.78 Å². The Hall–Kier alpha value is -1.18. The quantitative estimate of drug-likeness (QED) is 0.676. The molecule has 2 heteroatoms. The van der Waals surface area contributed by atoms with Crippen molar-refractivity contribution in [1.29, 1.82) is 0 Å². The van der Waals surface area contributed by atoms with E-state index >= 15 is 0 Å². The van der Waals surface area contributed by atoms with Gasteiger partial charge in [-0.15, -0.1) is 0 Å². The van der Waals surface area contributed by atoms with Gasteiger partial charge < -0.3 is 0 Å². The van der Waals surface area contributed by atoms with Gasteiger partial charge in [-0.1, -0.05) is 42.5 Å². The summed E-state index contributed by atoms with van der Waals surface area (Å²) in [6.07, 6.45) is 3.84. The third kappa shape index (κ3) is 2.91. The molecule has 0 saturated heterocycles. The molecule has 0 heterocycles. The summed E-state index contributed by atoms with van der Waals surface area (Å²) in [5, 5.41) is 0. The third-order valence-electron chi connectivity index (χ3n) is 3.15. The molecular formula is C14H16F2. The van der Waals surface area contributed by atoms with Crippen LogP contribution in [0.1, 0.15) is 18.4 Å². The van der Waals surface area contributed by atoms with Crippen molar-refractivity contribution in [2.75, 3.05) is 0 Å². The minimum Gasteiger partial charge on any atom is -0.210 e. The van der Waals surface area contributed by atoms with Crippen LogP contribution in [0.15, 0.2) is 42.5 Å². The Kier molecular flexibility index (Phi) is 3.70. The molecule has 0 aromatic heterocycles. The maximum Gasteiger partial charge on any atom is 0.241 e. The van der Waals surface area contributed by atoms with E-state index in [1.807, 2.05) is 24.3 Å². The largest absolute Gasteiger partial charge is 0.241 e. The first-order valence-electron chi connectivity index (χ1n) is 5.74. The summed E-state index contributed by atoms with van der Waals surface area (Å²) in [5.74, 6) is -0.172. The van der Waals surface area contributed by atoms with E-state index < -0.39 is 12.3 Å². The number of rotatable bonds is 3. The number of halogens is 2. The first-order chi connectivity index (χ1) is 7.75. The maximum atomic E-state index is 12.6. The fourth-order valence-corrected chi connectivity index (χ4v) is 2.28. The van der Waals surface area contributed by atoms with Crippen molar-refractivity contribution < 1.29 is 8.78 Å². The Morgan fingerprint density at radius 2 is 1.94 bits per heavy atom. The van der Waals surface area contributed by atoms with Crippen LogP contribution in [0.3, 0.4) is 0 Å². The van der Waals surface area contributed by atoms with Gasteiger partial charge in [0.15, 0.2) is 0 Å². The van der Waals surface area contributed by atoms with E-state index in [2.05, 4.69) is 18.2 Å². The first-order valence-corrected chi connectivity index (χ1v) is 5.74. The van der Waals surface area contributed by atoms with Crippen LogP contribution in [0.4, 0.5) is 8.78 Å². The molecule has 0 aliphatic heterocycles. The topological polar surface area (TPSA) is 0 Å². The molecule has 2 atom stereocenters. The van der Waals surface area contributed by atoms with Crippen molar-refractivity contribution >= 4 is 0 Å². The van der Waals surface area contributed by atoms with Gasteiger partial charge >= 0.3 is 0 Å². The smallest absolute Gasteiger partial charge is 0.210 e. The molecule has 0 N–H and O–H groups in total. The van der Waals surface area contributed by atoms with Crippen LogP contribution in [0.5, 0.6) is 0 Å². The molecule has 86 valence electrons. The van der Waals surface area contributed by atoms with Gasteiger partial charge in [0.2, 0.25) is 6.43 Å². The van der Waals surface area contributed by atoms with Crippen LogP contribution in [0, 0.1) is 11.8 Å². The van der Waals surface area contributed by atoms with E-state index in [1.165, 1.54) is 5.56 Å². The molecule has 1 aliphatic rings. The zero-order chi connectivity index (χ0) is 11.4. The van der Waals surface area contributed by atoms with Crippen molar-refractivity contribution in [2.24, 2.45) is 11.8 Å². The van der Waals surface area contributed by atoms with Crippen molar-refractivity contribution in [3.05, 3.63) is 48.0 Å². The van der Waals surface area contributed by atoms with Crippen LogP contribution >= 0.6 is 0 Å². The minimum atomic E-state index is -2.18. The van der Waals surface area contributed by atoms with E-state index in [-0.39, 0.29) is 5.92 Å². The highest BCUT2D eigenvalue weighted by molar-refractivity contribution is 5.17. The van der Waals surface area contributed by atoms with Gasteiger partial charge in [-0.3, -0.25) is 0 Å². The highest BCUT2D eigenvalue weighted by atomic mass is 19.3. The molecular weight excluding hydrogens is 206 g/mol. The molecule has 1 aliphatic carbocycles. The second kappa shape index (κ2) is 5.24. The van der Waals surface area contributed by atoms with Gasteiger partial charge in [-0.05, 0) is 30.7 Å². The second-order valence-corrected chi connectivity index (χ2v) is 4.44. The van der Waals surface area contributed by atoms with E-state index in [0.717, 1.165) is 6.42 Å². The summed E-state index contributed by atoms with van der Waals surface area (Å²) < 4.78 is 25.2. The molecule has 0 radical (unpaired) electrons. The number of allylic oxidation sites excluding steroid dienone is 2. The fraction of sp³-hybridized carbons (Fsp3) is 0.429. The lowest BCUT2D eigenvalue weighted by Crippen LogP contribution is -2.19. The lowest BCUT2D eigenvalue weighted by molar-refractivity contribution is 0.0645. The Bertz CT molecular complexity index is 343. The number of hydrogen-bond donors (Lipinski definition) is 0. The van der Waals surface area contributed by atoms with Crippen molar-refractivity contribution in [3.8, 4) is 0 Å². The predicted molar refractivity (Wildman–Crippen MR) is 61.5 cm³/mol. The van der Waals surface area contributed by atoms with Gasteiger partial charge in [-0.25, -0.2) is 8.78 Å². The van der Waals surface area contributed by atoms with Crippen LogP contribution in [0.25, 0.3) is 0 Å². The number of benzene rings is 1. The average Bonchev–Trinajstić information content (AvgIpc) is 2.30. The summed E-state index contributed by atoms with van der Waals surface area (Å²) in [6.45, 7) is 0. The Morgan fingerprint density at radius 1 is 1.19 bits per heavy atom. The maximum absolute atomic E-state index is 12.6. The molecule has 0 fully saturated rings. The molecule has 0 nitrogen and oxygen atoms in total. The highest BCUT2D eigenvalue weighted by Gasteiger charge is 2.25. The van der Waals surface area contributed by atoms with E-state index in [1.54, 1.807) is 0 Å².